The van der Waals surface area contributed by atoms with Crippen molar-refractivity contribution >= 4 is 11.8 Å². The van der Waals surface area contributed by atoms with Crippen LogP contribution in [0, 0.1) is 23.1 Å². The number of nitrogens with one attached hydrogen (secondary N) is 1. The van der Waals surface area contributed by atoms with Crippen molar-refractivity contribution in [3.8, 4) is 6.07 Å². The lowest BCUT2D eigenvalue weighted by Crippen LogP contribution is -2.47. The molecule has 1 aromatic carbocycles. The summed E-state index contributed by atoms with van der Waals surface area (Å²) in [6, 6.07) is 9.35. The van der Waals surface area contributed by atoms with Crippen LogP contribution in [0.4, 0.5) is 4.39 Å². The van der Waals surface area contributed by atoms with Crippen molar-refractivity contribution in [2.45, 2.75) is 32.4 Å². The van der Waals surface area contributed by atoms with Crippen LogP contribution in [0.5, 0.6) is 0 Å². The molecule has 1 aliphatic heterocycles. The van der Waals surface area contributed by atoms with Crippen molar-refractivity contribution < 1.29 is 18.4 Å². The first kappa shape index (κ1) is 18.6. The minimum atomic E-state index is -0.794. The number of nitrogens with zero attached hydrogens (tertiary/aromatic N) is 2. The number of carbonyl (C=O) groups excluding carboxylic acids is 2. The van der Waals surface area contributed by atoms with Gasteiger partial charge in [-0.05, 0) is 44.0 Å². The predicted molar refractivity (Wildman–Crippen MR) is 94.5 cm³/mol. The molecule has 1 N–H and O–H groups in total. The fraction of sp³-hybridized carbons (Fsp3) is 0.350. The van der Waals surface area contributed by atoms with Crippen LogP contribution in [0.2, 0.25) is 0 Å². The number of hydrogen-bond acceptors (Lipinski definition) is 4. The van der Waals surface area contributed by atoms with E-state index in [-0.39, 0.29) is 30.0 Å². The molecule has 0 spiro atoms. The molecular weight excluding hydrogens is 349 g/mol. The molecule has 0 saturated carbocycles. The molecule has 7 heteroatoms. The average molecular weight is 369 g/mol. The second kappa shape index (κ2) is 8.04. The second-order valence-electron chi connectivity index (χ2n) is 6.48. The maximum absolute atomic E-state index is 14.1. The van der Waals surface area contributed by atoms with E-state index in [4.69, 9.17) is 9.68 Å². The Balaban J connectivity index is 1.68. The van der Waals surface area contributed by atoms with E-state index in [0.717, 1.165) is 6.07 Å². The Morgan fingerprint density at radius 2 is 2.22 bits per heavy atom. The van der Waals surface area contributed by atoms with Crippen molar-refractivity contribution in [2.75, 3.05) is 6.54 Å². The molecule has 6 nitrogen and oxygen atoms in total. The normalized spacial score (nSPS) is 19.2. The van der Waals surface area contributed by atoms with Gasteiger partial charge in [0.1, 0.15) is 17.5 Å². The van der Waals surface area contributed by atoms with Crippen LogP contribution in [0.25, 0.3) is 0 Å². The quantitative estimate of drug-likeness (QED) is 0.821. The van der Waals surface area contributed by atoms with Gasteiger partial charge in [-0.1, -0.05) is 6.07 Å². The Labute approximate surface area is 156 Å². The molecular formula is C20H20FN3O3. The van der Waals surface area contributed by atoms with E-state index in [1.165, 1.54) is 17.0 Å². The molecule has 1 aromatic heterocycles. The zero-order valence-corrected chi connectivity index (χ0v) is 14.9. The summed E-state index contributed by atoms with van der Waals surface area (Å²) in [5.41, 5.74) is 0.537. The van der Waals surface area contributed by atoms with Crippen LogP contribution in [0.3, 0.4) is 0 Å². The number of halogens is 1. The highest BCUT2D eigenvalue weighted by Crippen LogP contribution is 2.28. The van der Waals surface area contributed by atoms with Gasteiger partial charge in [-0.3, -0.25) is 9.59 Å². The minimum absolute atomic E-state index is 0.0538. The highest BCUT2D eigenvalue weighted by atomic mass is 19.1. The lowest BCUT2D eigenvalue weighted by molar-refractivity contribution is -0.144. The molecule has 3 rings (SSSR count). The van der Waals surface area contributed by atoms with E-state index in [1.54, 1.807) is 25.3 Å². The summed E-state index contributed by atoms with van der Waals surface area (Å²) in [4.78, 5) is 26.8. The monoisotopic (exact) mass is 369 g/mol. The number of furan rings is 1. The Morgan fingerprint density at radius 3 is 2.81 bits per heavy atom. The van der Waals surface area contributed by atoms with Gasteiger partial charge >= 0.3 is 0 Å². The first-order valence-electron chi connectivity index (χ1n) is 8.84. The number of nitriles is 1. The van der Waals surface area contributed by atoms with Gasteiger partial charge < -0.3 is 14.6 Å². The third-order valence-corrected chi connectivity index (χ3v) is 4.80. The van der Waals surface area contributed by atoms with Gasteiger partial charge in [0, 0.05) is 18.7 Å². The van der Waals surface area contributed by atoms with Gasteiger partial charge in [0.25, 0.3) is 0 Å². The summed E-state index contributed by atoms with van der Waals surface area (Å²) in [5.74, 6) is -1.33. The van der Waals surface area contributed by atoms with Gasteiger partial charge in [0.15, 0.2) is 0 Å². The van der Waals surface area contributed by atoms with Crippen LogP contribution in [-0.4, -0.2) is 23.3 Å². The Bertz CT molecular complexity index is 873. The molecule has 2 aromatic rings. The molecule has 2 heterocycles. The summed E-state index contributed by atoms with van der Waals surface area (Å²) >= 11 is 0. The van der Waals surface area contributed by atoms with Gasteiger partial charge in [0.2, 0.25) is 11.8 Å². The van der Waals surface area contributed by atoms with E-state index < -0.39 is 11.7 Å². The first-order chi connectivity index (χ1) is 13.0. The Morgan fingerprint density at radius 1 is 1.41 bits per heavy atom. The number of hydrogen-bond donors (Lipinski definition) is 1. The standard InChI is InChI=1S/C20H20FN3O3/c1-2-24(12-14-6-5-13(11-22)10-16(14)21)20(26)15-7-8-17(23-19(15)25)18-4-3-9-27-18/h3-6,9-10,15,17H,2,7-8,12H2,1H3,(H,23,25). The number of amides is 2. The summed E-state index contributed by atoms with van der Waals surface area (Å²) < 4.78 is 19.5. The number of carbonyl (C=O) groups is 2. The van der Waals surface area contributed by atoms with E-state index in [2.05, 4.69) is 5.32 Å². The summed E-state index contributed by atoms with van der Waals surface area (Å²) in [6.07, 6.45) is 2.55. The molecule has 0 radical (unpaired) electrons. The summed E-state index contributed by atoms with van der Waals surface area (Å²) in [6.45, 7) is 2.19. The smallest absolute Gasteiger partial charge is 0.235 e. The lowest BCUT2D eigenvalue weighted by atomic mass is 9.91. The van der Waals surface area contributed by atoms with Crippen molar-refractivity contribution in [1.29, 1.82) is 5.26 Å². The average Bonchev–Trinajstić information content (AvgIpc) is 3.21. The molecule has 0 bridgehead atoms. The van der Waals surface area contributed by atoms with Crippen LogP contribution >= 0.6 is 0 Å². The summed E-state index contributed by atoms with van der Waals surface area (Å²) in [7, 11) is 0. The highest BCUT2D eigenvalue weighted by molar-refractivity contribution is 6.00. The van der Waals surface area contributed by atoms with Crippen LogP contribution in [0.15, 0.2) is 41.0 Å². The van der Waals surface area contributed by atoms with Gasteiger partial charge in [0.05, 0.1) is 23.9 Å². The number of rotatable bonds is 5. The third kappa shape index (κ3) is 4.00. The van der Waals surface area contributed by atoms with Gasteiger partial charge in [-0.25, -0.2) is 4.39 Å². The Kier molecular flexibility index (Phi) is 5.55. The number of benzene rings is 1. The third-order valence-electron chi connectivity index (χ3n) is 4.80. The molecule has 1 saturated heterocycles. The molecule has 140 valence electrons. The number of piperidine rings is 1. The molecule has 2 unspecified atom stereocenters. The lowest BCUT2D eigenvalue weighted by Gasteiger charge is -2.31. The molecule has 0 aliphatic carbocycles. The zero-order chi connectivity index (χ0) is 19.4. The molecule has 1 aliphatic rings. The first-order valence-corrected chi connectivity index (χ1v) is 8.84. The van der Waals surface area contributed by atoms with E-state index in [9.17, 15) is 14.0 Å². The van der Waals surface area contributed by atoms with Crippen molar-refractivity contribution in [1.82, 2.24) is 10.2 Å². The van der Waals surface area contributed by atoms with Crippen molar-refractivity contribution in [2.24, 2.45) is 5.92 Å². The van der Waals surface area contributed by atoms with E-state index in [0.29, 0.717) is 30.7 Å². The fourth-order valence-corrected chi connectivity index (χ4v) is 3.26. The van der Waals surface area contributed by atoms with E-state index in [1.807, 2.05) is 6.07 Å². The maximum atomic E-state index is 14.1. The van der Waals surface area contributed by atoms with Crippen LogP contribution in [-0.2, 0) is 16.1 Å². The zero-order valence-electron chi connectivity index (χ0n) is 14.9. The van der Waals surface area contributed by atoms with Crippen molar-refractivity contribution in [3.05, 3.63) is 59.3 Å². The van der Waals surface area contributed by atoms with Crippen LogP contribution in [0.1, 0.15) is 42.7 Å². The molecule has 27 heavy (non-hydrogen) atoms. The second-order valence-corrected chi connectivity index (χ2v) is 6.48. The maximum Gasteiger partial charge on any atom is 0.235 e. The van der Waals surface area contributed by atoms with Gasteiger partial charge in [-0.2, -0.15) is 5.26 Å². The molecule has 2 atom stereocenters. The fourth-order valence-electron chi connectivity index (χ4n) is 3.26. The van der Waals surface area contributed by atoms with Crippen LogP contribution < -0.4 is 5.32 Å². The topological polar surface area (TPSA) is 86.3 Å². The minimum Gasteiger partial charge on any atom is -0.467 e. The largest absolute Gasteiger partial charge is 0.467 e. The van der Waals surface area contributed by atoms with Gasteiger partial charge in [-0.15, -0.1) is 0 Å². The Hall–Kier alpha value is -3.14. The SMILES string of the molecule is CCN(Cc1ccc(C#N)cc1F)C(=O)C1CCC(c2ccco2)NC1=O. The van der Waals surface area contributed by atoms with Crippen molar-refractivity contribution in [3.63, 3.8) is 0 Å². The predicted octanol–water partition coefficient (Wildman–Crippen LogP) is 2.91. The molecule has 1 fully saturated rings. The van der Waals surface area contributed by atoms with E-state index >= 15 is 0 Å². The highest BCUT2D eigenvalue weighted by Gasteiger charge is 2.36. The summed E-state index contributed by atoms with van der Waals surface area (Å²) in [5, 5.41) is 11.7. The molecule has 2 amide bonds.